The third-order valence-corrected chi connectivity index (χ3v) is 3.10. The van der Waals surface area contributed by atoms with Crippen molar-refractivity contribution < 1.29 is 9.90 Å². The summed E-state index contributed by atoms with van der Waals surface area (Å²) in [5, 5.41) is 15.1. The summed E-state index contributed by atoms with van der Waals surface area (Å²) < 4.78 is 0. The van der Waals surface area contributed by atoms with Crippen LogP contribution in [0.3, 0.4) is 0 Å². The van der Waals surface area contributed by atoms with Crippen molar-refractivity contribution in [2.75, 3.05) is 11.9 Å². The number of aromatic carboxylic acids is 1. The average molecular weight is 248 g/mol. The van der Waals surface area contributed by atoms with E-state index in [9.17, 15) is 4.79 Å². The number of rotatable bonds is 5. The first-order valence-corrected chi connectivity index (χ1v) is 6.09. The third kappa shape index (κ3) is 3.29. The molecule has 0 bridgehead atoms. The van der Waals surface area contributed by atoms with Gasteiger partial charge in [0.1, 0.15) is 0 Å². The van der Waals surface area contributed by atoms with Crippen molar-refractivity contribution in [3.05, 3.63) is 46.4 Å². The van der Waals surface area contributed by atoms with Gasteiger partial charge in [-0.3, -0.25) is 0 Å². The van der Waals surface area contributed by atoms with Crippen LogP contribution in [0.15, 0.2) is 35.8 Å². The lowest BCUT2D eigenvalue weighted by Crippen LogP contribution is -2.05. The van der Waals surface area contributed by atoms with Gasteiger partial charge in [-0.15, -0.1) is 11.3 Å². The number of carboxylic acid groups (broad SMARTS) is 1. The second kappa shape index (κ2) is 5.45. The Balaban J connectivity index is 1.90. The standard InChI is InChI=1S/C12H12N2O2S/c15-12(16)9-2-1-3-10(8-9)13-5-4-11-14-6-7-17-11/h1-3,6-8,13H,4-5H2,(H,15,16). The minimum atomic E-state index is -0.909. The van der Waals surface area contributed by atoms with Crippen molar-refractivity contribution in [1.82, 2.24) is 4.98 Å². The number of hydrogen-bond acceptors (Lipinski definition) is 4. The van der Waals surface area contributed by atoms with E-state index in [1.54, 1.807) is 35.7 Å². The van der Waals surface area contributed by atoms with E-state index in [2.05, 4.69) is 10.3 Å². The molecule has 17 heavy (non-hydrogen) atoms. The Labute approximate surface area is 103 Å². The van der Waals surface area contributed by atoms with Crippen LogP contribution >= 0.6 is 11.3 Å². The van der Waals surface area contributed by atoms with E-state index in [0.29, 0.717) is 5.56 Å². The molecule has 0 unspecified atom stereocenters. The van der Waals surface area contributed by atoms with Crippen molar-refractivity contribution in [1.29, 1.82) is 0 Å². The zero-order valence-corrected chi connectivity index (χ0v) is 9.91. The highest BCUT2D eigenvalue weighted by atomic mass is 32.1. The van der Waals surface area contributed by atoms with Crippen LogP contribution in [0.4, 0.5) is 5.69 Å². The molecule has 4 nitrogen and oxygen atoms in total. The first-order valence-electron chi connectivity index (χ1n) is 5.21. The molecule has 0 saturated carbocycles. The number of carbonyl (C=O) groups is 1. The summed E-state index contributed by atoms with van der Waals surface area (Å²) in [6.07, 6.45) is 2.63. The number of aromatic nitrogens is 1. The van der Waals surface area contributed by atoms with Gasteiger partial charge in [-0.25, -0.2) is 9.78 Å². The van der Waals surface area contributed by atoms with E-state index in [4.69, 9.17) is 5.11 Å². The molecular formula is C12H12N2O2S. The Bertz CT molecular complexity index is 497. The minimum absolute atomic E-state index is 0.296. The molecule has 0 fully saturated rings. The predicted octanol–water partition coefficient (Wildman–Crippen LogP) is 2.50. The summed E-state index contributed by atoms with van der Waals surface area (Å²) in [4.78, 5) is 15.0. The highest BCUT2D eigenvalue weighted by Crippen LogP contribution is 2.11. The first kappa shape index (κ1) is 11.6. The van der Waals surface area contributed by atoms with Crippen LogP contribution in [0.5, 0.6) is 0 Å². The molecule has 88 valence electrons. The van der Waals surface area contributed by atoms with Crippen LogP contribution in [0.25, 0.3) is 0 Å². The second-order valence-electron chi connectivity index (χ2n) is 3.49. The summed E-state index contributed by atoms with van der Waals surface area (Å²) in [6, 6.07) is 6.79. The van der Waals surface area contributed by atoms with Gasteiger partial charge in [0.2, 0.25) is 0 Å². The molecular weight excluding hydrogens is 236 g/mol. The van der Waals surface area contributed by atoms with Gasteiger partial charge >= 0.3 is 5.97 Å². The molecule has 0 radical (unpaired) electrons. The van der Waals surface area contributed by atoms with Crippen LogP contribution in [0, 0.1) is 0 Å². The smallest absolute Gasteiger partial charge is 0.335 e. The van der Waals surface area contributed by atoms with Crippen LogP contribution in [-0.2, 0) is 6.42 Å². The van der Waals surface area contributed by atoms with Crippen molar-refractivity contribution in [2.24, 2.45) is 0 Å². The van der Waals surface area contributed by atoms with Crippen molar-refractivity contribution in [3.63, 3.8) is 0 Å². The maximum Gasteiger partial charge on any atom is 0.335 e. The molecule has 0 aliphatic carbocycles. The molecule has 0 aliphatic rings. The van der Waals surface area contributed by atoms with Gasteiger partial charge in [-0.1, -0.05) is 6.07 Å². The number of thiazole rings is 1. The minimum Gasteiger partial charge on any atom is -0.478 e. The summed E-state index contributed by atoms with van der Waals surface area (Å²) in [6.45, 7) is 0.747. The van der Waals surface area contributed by atoms with Gasteiger partial charge in [-0.05, 0) is 18.2 Å². The summed E-state index contributed by atoms with van der Waals surface area (Å²) in [7, 11) is 0. The van der Waals surface area contributed by atoms with Gasteiger partial charge in [0.05, 0.1) is 10.6 Å². The Morgan fingerprint density at radius 2 is 2.35 bits per heavy atom. The molecule has 2 rings (SSSR count). The Kier molecular flexibility index (Phi) is 3.72. The lowest BCUT2D eigenvalue weighted by molar-refractivity contribution is 0.0697. The van der Waals surface area contributed by atoms with E-state index in [0.717, 1.165) is 23.7 Å². The van der Waals surface area contributed by atoms with Crippen molar-refractivity contribution >= 4 is 23.0 Å². The fraction of sp³-hybridized carbons (Fsp3) is 0.167. The van der Waals surface area contributed by atoms with Crippen LogP contribution in [-0.4, -0.2) is 22.6 Å². The fourth-order valence-electron chi connectivity index (χ4n) is 1.45. The van der Waals surface area contributed by atoms with E-state index >= 15 is 0 Å². The molecule has 1 heterocycles. The van der Waals surface area contributed by atoms with Crippen LogP contribution in [0.1, 0.15) is 15.4 Å². The van der Waals surface area contributed by atoms with E-state index in [1.807, 2.05) is 11.4 Å². The number of benzene rings is 1. The maximum absolute atomic E-state index is 10.8. The van der Waals surface area contributed by atoms with E-state index < -0.39 is 5.97 Å². The van der Waals surface area contributed by atoms with Gasteiger partial charge in [-0.2, -0.15) is 0 Å². The molecule has 0 aliphatic heterocycles. The summed E-state index contributed by atoms with van der Waals surface area (Å²) in [5.41, 5.74) is 1.12. The van der Waals surface area contributed by atoms with Crippen molar-refractivity contribution in [2.45, 2.75) is 6.42 Å². The first-order chi connectivity index (χ1) is 8.25. The van der Waals surface area contributed by atoms with Gasteiger partial charge < -0.3 is 10.4 Å². The molecule has 0 atom stereocenters. The van der Waals surface area contributed by atoms with Crippen LogP contribution in [0.2, 0.25) is 0 Å². The zero-order valence-electron chi connectivity index (χ0n) is 9.09. The highest BCUT2D eigenvalue weighted by molar-refractivity contribution is 7.09. The number of nitrogens with zero attached hydrogens (tertiary/aromatic N) is 1. The normalized spacial score (nSPS) is 10.1. The number of nitrogens with one attached hydrogen (secondary N) is 1. The fourth-order valence-corrected chi connectivity index (χ4v) is 2.07. The average Bonchev–Trinajstić information content (AvgIpc) is 2.82. The summed E-state index contributed by atoms with van der Waals surface area (Å²) >= 11 is 1.62. The second-order valence-corrected chi connectivity index (χ2v) is 4.47. The molecule has 0 amide bonds. The van der Waals surface area contributed by atoms with Crippen molar-refractivity contribution in [3.8, 4) is 0 Å². The van der Waals surface area contributed by atoms with Crippen LogP contribution < -0.4 is 5.32 Å². The summed E-state index contributed by atoms with van der Waals surface area (Å²) in [5.74, 6) is -0.909. The monoisotopic (exact) mass is 248 g/mol. The van der Waals surface area contributed by atoms with Gasteiger partial charge in [0.25, 0.3) is 0 Å². The molecule has 2 N–H and O–H groups in total. The molecule has 2 aromatic rings. The molecule has 0 saturated heterocycles. The van der Waals surface area contributed by atoms with Gasteiger partial charge in [0.15, 0.2) is 0 Å². The molecule has 0 spiro atoms. The molecule has 1 aromatic carbocycles. The lowest BCUT2D eigenvalue weighted by atomic mass is 10.2. The molecule has 1 aromatic heterocycles. The Morgan fingerprint density at radius 1 is 1.47 bits per heavy atom. The number of anilines is 1. The van der Waals surface area contributed by atoms with E-state index in [1.165, 1.54) is 0 Å². The highest BCUT2D eigenvalue weighted by Gasteiger charge is 2.02. The third-order valence-electron chi connectivity index (χ3n) is 2.26. The largest absolute Gasteiger partial charge is 0.478 e. The Hall–Kier alpha value is -1.88. The lowest BCUT2D eigenvalue weighted by Gasteiger charge is -2.05. The zero-order chi connectivity index (χ0) is 12.1. The predicted molar refractivity (Wildman–Crippen MR) is 67.7 cm³/mol. The topological polar surface area (TPSA) is 62.2 Å². The quantitative estimate of drug-likeness (QED) is 0.853. The van der Waals surface area contributed by atoms with E-state index in [-0.39, 0.29) is 0 Å². The Morgan fingerprint density at radius 3 is 3.06 bits per heavy atom. The SMILES string of the molecule is O=C(O)c1cccc(NCCc2nccs2)c1. The van der Waals surface area contributed by atoms with Gasteiger partial charge in [0, 0.05) is 30.2 Å². The number of hydrogen-bond donors (Lipinski definition) is 2. The molecule has 5 heteroatoms. The maximum atomic E-state index is 10.8. The number of carboxylic acids is 1.